The average Bonchev–Trinajstić information content (AvgIpc) is 3.59. The van der Waals surface area contributed by atoms with Gasteiger partial charge in [0.1, 0.15) is 40.9 Å². The number of anilines is 2. The van der Waals surface area contributed by atoms with Crippen molar-refractivity contribution in [2.75, 3.05) is 10.5 Å². The Hall–Kier alpha value is -4.11. The summed E-state index contributed by atoms with van der Waals surface area (Å²) < 4.78 is 39.3. The lowest BCUT2D eigenvalue weighted by Crippen LogP contribution is -2.04. The first-order valence-electron chi connectivity index (χ1n) is 12.4. The number of halogens is 2. The molecule has 0 amide bonds. The van der Waals surface area contributed by atoms with Crippen molar-refractivity contribution in [3.63, 3.8) is 0 Å². The summed E-state index contributed by atoms with van der Waals surface area (Å²) in [6.07, 6.45) is 8.10. The van der Waals surface area contributed by atoms with Crippen molar-refractivity contribution in [3.8, 4) is 22.6 Å². The lowest BCUT2D eigenvalue weighted by molar-refractivity contribution is 0.480. The number of aromatic nitrogens is 3. The molecule has 1 fully saturated rings. The number of ether oxygens (including phenoxy) is 1. The number of hydrogen-bond donors (Lipinski definition) is 2. The van der Waals surface area contributed by atoms with Crippen molar-refractivity contribution < 1.29 is 13.5 Å². The van der Waals surface area contributed by atoms with E-state index in [0.29, 0.717) is 29.0 Å². The quantitative estimate of drug-likeness (QED) is 0.208. The van der Waals surface area contributed by atoms with E-state index in [2.05, 4.69) is 19.3 Å². The molecule has 192 valence electrons. The van der Waals surface area contributed by atoms with Crippen LogP contribution in [0.3, 0.4) is 0 Å². The minimum Gasteiger partial charge on any atom is -0.457 e. The Kier molecular flexibility index (Phi) is 6.59. The van der Waals surface area contributed by atoms with Crippen molar-refractivity contribution in [1.29, 1.82) is 0 Å². The number of rotatable bonds is 7. The van der Waals surface area contributed by atoms with Gasteiger partial charge in [0.15, 0.2) is 0 Å². The lowest BCUT2D eigenvalue weighted by Gasteiger charge is -2.12. The topological polar surface area (TPSA) is 78.0 Å². The SMILES string of the molecule is Nc1ncnc2c1c(-c1ccc(NSc3ccc(Oc4ccc(F)cc4)cc3)c(F)c1)cn2C1CCCC1. The van der Waals surface area contributed by atoms with Crippen molar-refractivity contribution in [3.05, 3.63) is 90.9 Å². The molecule has 0 unspecified atom stereocenters. The summed E-state index contributed by atoms with van der Waals surface area (Å²) in [5, 5.41) is 0.761. The van der Waals surface area contributed by atoms with Crippen molar-refractivity contribution in [1.82, 2.24) is 14.5 Å². The summed E-state index contributed by atoms with van der Waals surface area (Å²) in [5.74, 6) is 0.878. The molecule has 3 aromatic carbocycles. The summed E-state index contributed by atoms with van der Waals surface area (Å²) in [6, 6.07) is 18.7. The molecule has 0 saturated heterocycles. The molecule has 9 heteroatoms. The summed E-state index contributed by atoms with van der Waals surface area (Å²) in [7, 11) is 0. The smallest absolute Gasteiger partial charge is 0.147 e. The molecule has 1 aliphatic rings. The standard InChI is InChI=1S/C29H25F2N5OS/c30-19-6-8-21(9-7-19)37-22-10-12-23(13-11-22)38-35-26-14-5-18(15-25(26)31)24-16-36(20-3-1-2-4-20)29-27(24)28(32)33-17-34-29/h5-17,20,35H,1-4H2,(H2,32,33,34). The minimum absolute atomic E-state index is 0.315. The summed E-state index contributed by atoms with van der Waals surface area (Å²) in [4.78, 5) is 9.58. The maximum atomic E-state index is 15.2. The van der Waals surface area contributed by atoms with Gasteiger partial charge >= 0.3 is 0 Å². The van der Waals surface area contributed by atoms with Crippen LogP contribution in [-0.4, -0.2) is 14.5 Å². The highest BCUT2D eigenvalue weighted by molar-refractivity contribution is 8.00. The number of nitrogen functional groups attached to an aromatic ring is 1. The van der Waals surface area contributed by atoms with Crippen molar-refractivity contribution in [2.24, 2.45) is 0 Å². The molecule has 1 saturated carbocycles. The zero-order chi connectivity index (χ0) is 26.1. The molecule has 6 rings (SSSR count). The fourth-order valence-corrected chi connectivity index (χ4v) is 5.55. The minimum atomic E-state index is -0.372. The lowest BCUT2D eigenvalue weighted by atomic mass is 10.1. The molecule has 0 aliphatic heterocycles. The van der Waals surface area contributed by atoms with E-state index in [-0.39, 0.29) is 11.6 Å². The highest BCUT2D eigenvalue weighted by atomic mass is 32.2. The van der Waals surface area contributed by atoms with Crippen LogP contribution in [0.2, 0.25) is 0 Å². The van der Waals surface area contributed by atoms with Crippen LogP contribution < -0.4 is 15.2 Å². The van der Waals surface area contributed by atoms with Gasteiger partial charge in [0.25, 0.3) is 0 Å². The third-order valence-electron chi connectivity index (χ3n) is 6.79. The monoisotopic (exact) mass is 529 g/mol. The largest absolute Gasteiger partial charge is 0.457 e. The molecule has 2 heterocycles. The summed E-state index contributed by atoms with van der Waals surface area (Å²) in [6.45, 7) is 0. The van der Waals surface area contributed by atoms with Crippen LogP contribution in [0, 0.1) is 11.6 Å². The average molecular weight is 530 g/mol. The molecular weight excluding hydrogens is 504 g/mol. The van der Waals surface area contributed by atoms with Gasteiger partial charge in [0.2, 0.25) is 0 Å². The van der Waals surface area contributed by atoms with Gasteiger partial charge in [-0.05, 0) is 91.0 Å². The number of fused-ring (bicyclic) bond motifs is 1. The first-order chi connectivity index (χ1) is 18.5. The number of hydrogen-bond acceptors (Lipinski definition) is 6. The molecule has 2 aromatic heterocycles. The predicted octanol–water partition coefficient (Wildman–Crippen LogP) is 7.99. The molecule has 6 nitrogen and oxygen atoms in total. The highest BCUT2D eigenvalue weighted by Crippen LogP contribution is 2.39. The molecule has 0 radical (unpaired) electrons. The molecule has 5 aromatic rings. The first kappa shape index (κ1) is 24.2. The zero-order valence-electron chi connectivity index (χ0n) is 20.4. The number of benzene rings is 3. The van der Waals surface area contributed by atoms with Gasteiger partial charge in [0, 0.05) is 22.7 Å². The summed E-state index contributed by atoms with van der Waals surface area (Å²) >= 11 is 1.29. The predicted molar refractivity (Wildman–Crippen MR) is 147 cm³/mol. The fraction of sp³-hybridized carbons (Fsp3) is 0.172. The third-order valence-corrected chi connectivity index (χ3v) is 7.62. The molecule has 0 atom stereocenters. The Morgan fingerprint density at radius 3 is 2.34 bits per heavy atom. The Balaban J connectivity index is 1.18. The van der Waals surface area contributed by atoms with Gasteiger partial charge in [-0.1, -0.05) is 18.9 Å². The first-order valence-corrected chi connectivity index (χ1v) is 13.2. The molecule has 1 aliphatic carbocycles. The van der Waals surface area contributed by atoms with E-state index >= 15 is 4.39 Å². The molecule has 0 bridgehead atoms. The van der Waals surface area contributed by atoms with Crippen LogP contribution in [-0.2, 0) is 0 Å². The Morgan fingerprint density at radius 1 is 0.921 bits per heavy atom. The Labute approximate surface area is 223 Å². The van der Waals surface area contributed by atoms with Crippen LogP contribution in [0.15, 0.2) is 84.1 Å². The number of nitrogens with one attached hydrogen (secondary N) is 1. The van der Waals surface area contributed by atoms with Crippen LogP contribution in [0.25, 0.3) is 22.2 Å². The van der Waals surface area contributed by atoms with Gasteiger partial charge in [-0.25, -0.2) is 18.7 Å². The van der Waals surface area contributed by atoms with E-state index in [1.807, 2.05) is 24.4 Å². The maximum absolute atomic E-state index is 15.2. The fourth-order valence-electron chi connectivity index (χ4n) is 4.88. The van der Waals surface area contributed by atoms with E-state index in [0.717, 1.165) is 39.9 Å². The van der Waals surface area contributed by atoms with E-state index < -0.39 is 0 Å². The Bertz CT molecular complexity index is 1580. The highest BCUT2D eigenvalue weighted by Gasteiger charge is 2.23. The van der Waals surface area contributed by atoms with Gasteiger partial charge < -0.3 is 19.8 Å². The molecular formula is C29H25F2N5OS. The normalized spacial score (nSPS) is 13.7. The molecule has 0 spiro atoms. The van der Waals surface area contributed by atoms with E-state index in [1.165, 1.54) is 49.3 Å². The van der Waals surface area contributed by atoms with E-state index in [1.54, 1.807) is 30.3 Å². The number of nitrogens with zero attached hydrogens (tertiary/aromatic N) is 3. The van der Waals surface area contributed by atoms with E-state index in [9.17, 15) is 4.39 Å². The number of nitrogens with two attached hydrogens (primary N) is 1. The second-order valence-electron chi connectivity index (χ2n) is 9.27. The van der Waals surface area contributed by atoms with Gasteiger partial charge in [0.05, 0.1) is 11.1 Å². The second-order valence-corrected chi connectivity index (χ2v) is 10.2. The van der Waals surface area contributed by atoms with E-state index in [4.69, 9.17) is 10.5 Å². The molecule has 38 heavy (non-hydrogen) atoms. The van der Waals surface area contributed by atoms with Gasteiger partial charge in [-0.15, -0.1) is 0 Å². The van der Waals surface area contributed by atoms with Crippen molar-refractivity contribution >= 4 is 34.5 Å². The third kappa shape index (κ3) is 4.89. The van der Waals surface area contributed by atoms with Gasteiger partial charge in [-0.2, -0.15) is 0 Å². The van der Waals surface area contributed by atoms with Crippen LogP contribution in [0.4, 0.5) is 20.3 Å². The summed E-state index contributed by atoms with van der Waals surface area (Å²) in [5.41, 5.74) is 8.97. The van der Waals surface area contributed by atoms with Gasteiger partial charge in [-0.3, -0.25) is 0 Å². The Morgan fingerprint density at radius 2 is 1.63 bits per heavy atom. The zero-order valence-corrected chi connectivity index (χ0v) is 21.2. The van der Waals surface area contributed by atoms with Crippen LogP contribution >= 0.6 is 11.9 Å². The molecule has 3 N–H and O–H groups in total. The maximum Gasteiger partial charge on any atom is 0.147 e. The second kappa shape index (κ2) is 10.3. The van der Waals surface area contributed by atoms with Crippen LogP contribution in [0.5, 0.6) is 11.5 Å². The van der Waals surface area contributed by atoms with Crippen molar-refractivity contribution in [2.45, 2.75) is 36.6 Å². The van der Waals surface area contributed by atoms with Crippen LogP contribution in [0.1, 0.15) is 31.7 Å².